The predicted molar refractivity (Wildman–Crippen MR) is 56.8 cm³/mol. The Balaban J connectivity index is 2.23. The van der Waals surface area contributed by atoms with Crippen LogP contribution in [0.5, 0.6) is 0 Å². The van der Waals surface area contributed by atoms with Crippen molar-refractivity contribution < 1.29 is 0 Å². The Bertz CT molecular complexity index is 256. The van der Waals surface area contributed by atoms with E-state index in [0.29, 0.717) is 0 Å². The van der Waals surface area contributed by atoms with E-state index < -0.39 is 0 Å². The van der Waals surface area contributed by atoms with E-state index in [-0.39, 0.29) is 6.04 Å². The Morgan fingerprint density at radius 2 is 2.29 bits per heavy atom. The van der Waals surface area contributed by atoms with Crippen LogP contribution in [0, 0.1) is 0 Å². The molecule has 80 valence electrons. The van der Waals surface area contributed by atoms with Gasteiger partial charge in [0.15, 0.2) is 0 Å². The van der Waals surface area contributed by atoms with E-state index in [0.717, 1.165) is 18.5 Å². The maximum Gasteiger partial charge on any atom is 0.0842 e. The van der Waals surface area contributed by atoms with Gasteiger partial charge in [0, 0.05) is 25.7 Å². The molecule has 1 rings (SSSR count). The lowest BCUT2D eigenvalue weighted by Gasteiger charge is -2.08. The molecule has 1 heterocycles. The van der Waals surface area contributed by atoms with Crippen LogP contribution in [0.4, 0.5) is 0 Å². The SMILES string of the molecule is CCCCCC(N)Cc1cn(C)nn1. The van der Waals surface area contributed by atoms with Crippen LogP contribution in [-0.4, -0.2) is 21.0 Å². The molecule has 1 aromatic rings. The molecule has 0 radical (unpaired) electrons. The predicted octanol–water partition coefficient (Wildman–Crippen LogP) is 1.27. The minimum Gasteiger partial charge on any atom is -0.327 e. The van der Waals surface area contributed by atoms with Gasteiger partial charge in [-0.3, -0.25) is 4.68 Å². The topological polar surface area (TPSA) is 56.7 Å². The summed E-state index contributed by atoms with van der Waals surface area (Å²) in [5.74, 6) is 0. The zero-order valence-corrected chi connectivity index (χ0v) is 9.11. The van der Waals surface area contributed by atoms with Crippen LogP contribution in [0.15, 0.2) is 6.20 Å². The van der Waals surface area contributed by atoms with Crippen molar-refractivity contribution in [3.63, 3.8) is 0 Å². The Kier molecular flexibility index (Phi) is 4.59. The lowest BCUT2D eigenvalue weighted by Crippen LogP contribution is -2.22. The summed E-state index contributed by atoms with van der Waals surface area (Å²) in [5.41, 5.74) is 6.98. The molecular weight excluding hydrogens is 176 g/mol. The third-order valence-electron chi connectivity index (χ3n) is 2.30. The molecular formula is C10H20N4. The monoisotopic (exact) mass is 196 g/mol. The molecule has 0 bridgehead atoms. The van der Waals surface area contributed by atoms with Gasteiger partial charge in [-0.1, -0.05) is 31.4 Å². The summed E-state index contributed by atoms with van der Waals surface area (Å²) in [4.78, 5) is 0. The van der Waals surface area contributed by atoms with E-state index in [1.54, 1.807) is 4.68 Å². The first kappa shape index (κ1) is 11.2. The summed E-state index contributed by atoms with van der Waals surface area (Å²) in [6.45, 7) is 2.20. The number of hydrogen-bond donors (Lipinski definition) is 1. The minimum atomic E-state index is 0.234. The van der Waals surface area contributed by atoms with Crippen molar-refractivity contribution in [2.24, 2.45) is 12.8 Å². The summed E-state index contributed by atoms with van der Waals surface area (Å²) in [6, 6.07) is 0.234. The number of hydrogen-bond acceptors (Lipinski definition) is 3. The van der Waals surface area contributed by atoms with Crippen molar-refractivity contribution >= 4 is 0 Å². The lowest BCUT2D eigenvalue weighted by molar-refractivity contribution is 0.552. The minimum absolute atomic E-state index is 0.234. The number of rotatable bonds is 6. The Morgan fingerprint density at radius 3 is 2.86 bits per heavy atom. The van der Waals surface area contributed by atoms with E-state index in [1.165, 1.54) is 19.3 Å². The zero-order chi connectivity index (χ0) is 10.4. The van der Waals surface area contributed by atoms with E-state index in [1.807, 2.05) is 13.2 Å². The highest BCUT2D eigenvalue weighted by atomic mass is 15.4. The van der Waals surface area contributed by atoms with Crippen molar-refractivity contribution in [2.45, 2.75) is 45.1 Å². The van der Waals surface area contributed by atoms with E-state index in [2.05, 4.69) is 17.2 Å². The fourth-order valence-corrected chi connectivity index (χ4v) is 1.52. The standard InChI is InChI=1S/C10H20N4/c1-3-4-5-6-9(11)7-10-8-14(2)13-12-10/h8-9H,3-7,11H2,1-2H3. The van der Waals surface area contributed by atoms with Gasteiger partial charge < -0.3 is 5.73 Å². The van der Waals surface area contributed by atoms with E-state index in [4.69, 9.17) is 5.73 Å². The third kappa shape index (κ3) is 3.87. The molecule has 1 unspecified atom stereocenters. The second-order valence-corrected chi connectivity index (χ2v) is 3.84. The smallest absolute Gasteiger partial charge is 0.0842 e. The molecule has 4 nitrogen and oxygen atoms in total. The van der Waals surface area contributed by atoms with Crippen LogP contribution in [0.3, 0.4) is 0 Å². The maximum absolute atomic E-state index is 5.98. The van der Waals surface area contributed by atoms with Gasteiger partial charge in [0.1, 0.15) is 0 Å². The van der Waals surface area contributed by atoms with Gasteiger partial charge in [-0.05, 0) is 6.42 Å². The molecule has 0 aliphatic rings. The molecule has 14 heavy (non-hydrogen) atoms. The summed E-state index contributed by atoms with van der Waals surface area (Å²) in [7, 11) is 1.87. The highest BCUT2D eigenvalue weighted by molar-refractivity contribution is 4.94. The second-order valence-electron chi connectivity index (χ2n) is 3.84. The summed E-state index contributed by atoms with van der Waals surface area (Å²) >= 11 is 0. The van der Waals surface area contributed by atoms with Crippen LogP contribution in [0.1, 0.15) is 38.3 Å². The van der Waals surface area contributed by atoms with Crippen molar-refractivity contribution in [1.82, 2.24) is 15.0 Å². The first-order valence-corrected chi connectivity index (χ1v) is 5.33. The van der Waals surface area contributed by atoms with Crippen molar-refractivity contribution in [2.75, 3.05) is 0 Å². The Hall–Kier alpha value is -0.900. The average Bonchev–Trinajstić information content (AvgIpc) is 2.52. The van der Waals surface area contributed by atoms with Crippen LogP contribution >= 0.6 is 0 Å². The third-order valence-corrected chi connectivity index (χ3v) is 2.30. The fourth-order valence-electron chi connectivity index (χ4n) is 1.52. The molecule has 0 saturated carbocycles. The fraction of sp³-hybridized carbons (Fsp3) is 0.800. The summed E-state index contributed by atoms with van der Waals surface area (Å²) in [6.07, 6.45) is 7.60. The lowest BCUT2D eigenvalue weighted by atomic mass is 10.1. The van der Waals surface area contributed by atoms with Crippen molar-refractivity contribution in [3.8, 4) is 0 Å². The molecule has 2 N–H and O–H groups in total. The molecule has 0 saturated heterocycles. The van der Waals surface area contributed by atoms with Gasteiger partial charge >= 0.3 is 0 Å². The van der Waals surface area contributed by atoms with Gasteiger partial charge in [-0.2, -0.15) is 0 Å². The van der Waals surface area contributed by atoms with Crippen LogP contribution in [0.2, 0.25) is 0 Å². The van der Waals surface area contributed by atoms with Crippen LogP contribution in [0.25, 0.3) is 0 Å². The molecule has 0 aliphatic heterocycles. The zero-order valence-electron chi connectivity index (χ0n) is 9.11. The molecule has 0 amide bonds. The summed E-state index contributed by atoms with van der Waals surface area (Å²) < 4.78 is 1.72. The second kappa shape index (κ2) is 5.75. The maximum atomic E-state index is 5.98. The molecule has 4 heteroatoms. The van der Waals surface area contributed by atoms with E-state index >= 15 is 0 Å². The molecule has 1 atom stereocenters. The normalized spacial score (nSPS) is 13.1. The van der Waals surface area contributed by atoms with Crippen LogP contribution < -0.4 is 5.73 Å². The van der Waals surface area contributed by atoms with Gasteiger partial charge in [0.2, 0.25) is 0 Å². The largest absolute Gasteiger partial charge is 0.327 e. The first-order chi connectivity index (χ1) is 6.72. The molecule has 0 aliphatic carbocycles. The van der Waals surface area contributed by atoms with E-state index in [9.17, 15) is 0 Å². The van der Waals surface area contributed by atoms with Gasteiger partial charge in [0.25, 0.3) is 0 Å². The number of aromatic nitrogens is 3. The quantitative estimate of drug-likeness (QED) is 0.697. The molecule has 0 fully saturated rings. The number of aryl methyl sites for hydroxylation is 1. The van der Waals surface area contributed by atoms with Crippen LogP contribution in [-0.2, 0) is 13.5 Å². The van der Waals surface area contributed by atoms with Crippen molar-refractivity contribution in [1.29, 1.82) is 0 Å². The number of unbranched alkanes of at least 4 members (excludes halogenated alkanes) is 2. The van der Waals surface area contributed by atoms with Gasteiger partial charge in [-0.25, -0.2) is 0 Å². The van der Waals surface area contributed by atoms with Gasteiger partial charge in [-0.15, -0.1) is 5.10 Å². The number of nitrogens with zero attached hydrogens (tertiary/aromatic N) is 3. The Morgan fingerprint density at radius 1 is 1.50 bits per heavy atom. The highest BCUT2D eigenvalue weighted by Gasteiger charge is 2.06. The Labute approximate surface area is 85.5 Å². The summed E-state index contributed by atoms with van der Waals surface area (Å²) in [5, 5.41) is 7.89. The molecule has 0 spiro atoms. The van der Waals surface area contributed by atoms with Crippen molar-refractivity contribution in [3.05, 3.63) is 11.9 Å². The molecule has 1 aromatic heterocycles. The highest BCUT2D eigenvalue weighted by Crippen LogP contribution is 2.05. The number of nitrogens with two attached hydrogens (primary N) is 1. The molecule has 0 aromatic carbocycles. The van der Waals surface area contributed by atoms with Gasteiger partial charge in [0.05, 0.1) is 5.69 Å². The average molecular weight is 196 g/mol. The first-order valence-electron chi connectivity index (χ1n) is 5.33.